The molecule has 0 aliphatic carbocycles. The standard InChI is InChI=1S/C20H28FN5.HI/c1-4-23-20(24-13-17-6-5-16(12-22)11-19(17)21)25-18-7-9-26(10-8-18)14-15(2)3;/h5-6,11,18H,2,4,7-10,13-14H2,1,3H3,(H2,23,24,25);1H. The number of benzene rings is 1. The van der Waals surface area contributed by atoms with Crippen molar-refractivity contribution in [2.45, 2.75) is 39.3 Å². The molecular weight excluding hydrogens is 456 g/mol. The Kier molecular flexibility index (Phi) is 10.3. The number of piperidine rings is 1. The highest BCUT2D eigenvalue weighted by Gasteiger charge is 2.19. The molecule has 0 spiro atoms. The van der Waals surface area contributed by atoms with Gasteiger partial charge in [-0.25, -0.2) is 9.38 Å². The Balaban J connectivity index is 0.00000364. The number of nitrogens with one attached hydrogen (secondary N) is 2. The second kappa shape index (κ2) is 11.9. The molecule has 1 fully saturated rings. The lowest BCUT2D eigenvalue weighted by Crippen LogP contribution is -2.48. The highest BCUT2D eigenvalue weighted by Crippen LogP contribution is 2.13. The van der Waals surface area contributed by atoms with Crippen LogP contribution in [0.5, 0.6) is 0 Å². The zero-order valence-electron chi connectivity index (χ0n) is 16.1. The molecule has 0 bridgehead atoms. The van der Waals surface area contributed by atoms with Crippen molar-refractivity contribution in [3.63, 3.8) is 0 Å². The molecule has 1 aliphatic heterocycles. The summed E-state index contributed by atoms with van der Waals surface area (Å²) in [4.78, 5) is 6.92. The van der Waals surface area contributed by atoms with Gasteiger partial charge in [-0.2, -0.15) is 5.26 Å². The van der Waals surface area contributed by atoms with Crippen LogP contribution in [-0.2, 0) is 6.54 Å². The Hall–Kier alpha value is -1.66. The average Bonchev–Trinajstić information content (AvgIpc) is 2.61. The van der Waals surface area contributed by atoms with Gasteiger partial charge in [-0.05, 0) is 38.8 Å². The van der Waals surface area contributed by atoms with Gasteiger partial charge in [0.25, 0.3) is 0 Å². The third-order valence-corrected chi connectivity index (χ3v) is 4.36. The van der Waals surface area contributed by atoms with Crippen molar-refractivity contribution in [2.75, 3.05) is 26.2 Å². The number of hydrogen-bond donors (Lipinski definition) is 2. The van der Waals surface area contributed by atoms with Crippen LogP contribution in [0.25, 0.3) is 0 Å². The molecule has 1 heterocycles. The first-order valence-corrected chi connectivity index (χ1v) is 9.12. The lowest BCUT2D eigenvalue weighted by atomic mass is 10.0. The van der Waals surface area contributed by atoms with Gasteiger partial charge in [-0.3, -0.25) is 4.90 Å². The molecule has 148 valence electrons. The van der Waals surface area contributed by atoms with Gasteiger partial charge in [0, 0.05) is 37.8 Å². The number of halogens is 2. The molecule has 0 saturated carbocycles. The third kappa shape index (κ3) is 7.85. The van der Waals surface area contributed by atoms with Crippen LogP contribution < -0.4 is 10.6 Å². The molecule has 27 heavy (non-hydrogen) atoms. The summed E-state index contributed by atoms with van der Waals surface area (Å²) in [6, 6.07) is 6.79. The Morgan fingerprint density at radius 3 is 2.67 bits per heavy atom. The first-order valence-electron chi connectivity index (χ1n) is 9.12. The van der Waals surface area contributed by atoms with Crippen molar-refractivity contribution in [1.82, 2.24) is 15.5 Å². The van der Waals surface area contributed by atoms with Crippen molar-refractivity contribution in [3.05, 3.63) is 47.3 Å². The first-order chi connectivity index (χ1) is 12.5. The maximum atomic E-state index is 14.0. The average molecular weight is 485 g/mol. The van der Waals surface area contributed by atoms with E-state index in [4.69, 9.17) is 5.26 Å². The van der Waals surface area contributed by atoms with Crippen LogP contribution in [0, 0.1) is 17.1 Å². The van der Waals surface area contributed by atoms with E-state index in [2.05, 4.69) is 34.0 Å². The summed E-state index contributed by atoms with van der Waals surface area (Å²) in [5, 5.41) is 15.5. The molecule has 1 aliphatic rings. The van der Waals surface area contributed by atoms with Gasteiger partial charge in [0.05, 0.1) is 18.2 Å². The summed E-state index contributed by atoms with van der Waals surface area (Å²) >= 11 is 0. The van der Waals surface area contributed by atoms with E-state index in [0.717, 1.165) is 39.0 Å². The van der Waals surface area contributed by atoms with Crippen LogP contribution in [0.1, 0.15) is 37.8 Å². The third-order valence-electron chi connectivity index (χ3n) is 4.36. The van der Waals surface area contributed by atoms with Gasteiger partial charge >= 0.3 is 0 Å². The first kappa shape index (κ1) is 23.4. The molecule has 1 aromatic rings. The quantitative estimate of drug-likeness (QED) is 0.281. The molecule has 0 radical (unpaired) electrons. The van der Waals surface area contributed by atoms with Gasteiger partial charge in [0.1, 0.15) is 5.82 Å². The SMILES string of the molecule is C=C(C)CN1CCC(NC(=NCc2ccc(C#N)cc2F)NCC)CC1.I. The minimum absolute atomic E-state index is 0. The Morgan fingerprint density at radius 2 is 2.11 bits per heavy atom. The number of aliphatic imine (C=N–C) groups is 1. The van der Waals surface area contributed by atoms with Crippen molar-refractivity contribution < 1.29 is 4.39 Å². The second-order valence-electron chi connectivity index (χ2n) is 6.77. The topological polar surface area (TPSA) is 63.5 Å². The van der Waals surface area contributed by atoms with E-state index in [1.54, 1.807) is 12.1 Å². The number of nitrogens with zero attached hydrogens (tertiary/aromatic N) is 3. The van der Waals surface area contributed by atoms with E-state index < -0.39 is 5.82 Å². The van der Waals surface area contributed by atoms with Crippen LogP contribution in [0.3, 0.4) is 0 Å². The highest BCUT2D eigenvalue weighted by atomic mass is 127. The van der Waals surface area contributed by atoms with Crippen molar-refractivity contribution in [2.24, 2.45) is 4.99 Å². The molecule has 2 N–H and O–H groups in total. The fraction of sp³-hybridized carbons (Fsp3) is 0.500. The van der Waals surface area contributed by atoms with Crippen LogP contribution in [0.15, 0.2) is 35.3 Å². The smallest absolute Gasteiger partial charge is 0.191 e. The highest BCUT2D eigenvalue weighted by molar-refractivity contribution is 14.0. The van der Waals surface area contributed by atoms with E-state index >= 15 is 0 Å². The molecule has 0 aromatic heterocycles. The fourth-order valence-corrected chi connectivity index (χ4v) is 3.04. The molecule has 7 heteroatoms. The molecule has 1 aromatic carbocycles. The van der Waals surface area contributed by atoms with Gasteiger partial charge in [0.2, 0.25) is 0 Å². The lowest BCUT2D eigenvalue weighted by molar-refractivity contribution is 0.221. The lowest BCUT2D eigenvalue weighted by Gasteiger charge is -2.33. The van der Waals surface area contributed by atoms with Crippen molar-refractivity contribution in [3.8, 4) is 6.07 Å². The summed E-state index contributed by atoms with van der Waals surface area (Å²) in [5.74, 6) is 0.311. The molecular formula is C20H29FIN5. The van der Waals surface area contributed by atoms with Gasteiger partial charge in [-0.15, -0.1) is 24.0 Å². The number of nitriles is 1. The summed E-state index contributed by atoms with van der Waals surface area (Å²) < 4.78 is 14.0. The molecule has 0 unspecified atom stereocenters. The molecule has 0 atom stereocenters. The summed E-state index contributed by atoms with van der Waals surface area (Å²) in [6.07, 6.45) is 2.09. The van der Waals surface area contributed by atoms with Crippen LogP contribution >= 0.6 is 24.0 Å². The fourth-order valence-electron chi connectivity index (χ4n) is 3.04. The molecule has 5 nitrogen and oxygen atoms in total. The minimum Gasteiger partial charge on any atom is -0.357 e. The summed E-state index contributed by atoms with van der Waals surface area (Å²) in [7, 11) is 0. The number of rotatable bonds is 6. The predicted octanol–water partition coefficient (Wildman–Crippen LogP) is 3.41. The number of hydrogen-bond acceptors (Lipinski definition) is 3. The van der Waals surface area contributed by atoms with E-state index in [0.29, 0.717) is 23.1 Å². The zero-order valence-corrected chi connectivity index (χ0v) is 18.4. The predicted molar refractivity (Wildman–Crippen MR) is 119 cm³/mol. The maximum Gasteiger partial charge on any atom is 0.191 e. The summed E-state index contributed by atoms with van der Waals surface area (Å²) in [5.41, 5.74) is 2.00. The largest absolute Gasteiger partial charge is 0.357 e. The zero-order chi connectivity index (χ0) is 18.9. The number of guanidine groups is 1. The molecule has 0 amide bonds. The van der Waals surface area contributed by atoms with Crippen LogP contribution in [0.4, 0.5) is 4.39 Å². The number of likely N-dealkylation sites (tertiary alicyclic amines) is 1. The van der Waals surface area contributed by atoms with Crippen molar-refractivity contribution >= 4 is 29.9 Å². The van der Waals surface area contributed by atoms with Gasteiger partial charge in [-0.1, -0.05) is 18.2 Å². The summed E-state index contributed by atoms with van der Waals surface area (Å²) in [6.45, 7) is 12.1. The van der Waals surface area contributed by atoms with E-state index in [9.17, 15) is 4.39 Å². The Morgan fingerprint density at radius 1 is 1.41 bits per heavy atom. The molecule has 1 saturated heterocycles. The van der Waals surface area contributed by atoms with Gasteiger partial charge < -0.3 is 10.6 Å². The monoisotopic (exact) mass is 485 g/mol. The van der Waals surface area contributed by atoms with E-state index in [-0.39, 0.29) is 30.5 Å². The Bertz CT molecular complexity index is 690. The van der Waals surface area contributed by atoms with Crippen molar-refractivity contribution in [1.29, 1.82) is 5.26 Å². The molecule has 2 rings (SSSR count). The van der Waals surface area contributed by atoms with Crippen LogP contribution in [0.2, 0.25) is 0 Å². The minimum atomic E-state index is -0.392. The second-order valence-corrected chi connectivity index (χ2v) is 6.77. The maximum absolute atomic E-state index is 14.0. The normalized spacial score (nSPS) is 15.6. The van der Waals surface area contributed by atoms with E-state index in [1.165, 1.54) is 11.6 Å². The Labute approximate surface area is 178 Å². The van der Waals surface area contributed by atoms with Crippen LogP contribution in [-0.4, -0.2) is 43.1 Å². The van der Waals surface area contributed by atoms with E-state index in [1.807, 2.05) is 13.0 Å². The van der Waals surface area contributed by atoms with Gasteiger partial charge in [0.15, 0.2) is 5.96 Å².